The van der Waals surface area contributed by atoms with Crippen molar-refractivity contribution in [3.63, 3.8) is 0 Å². The molecule has 0 heterocycles. The minimum Gasteiger partial charge on any atom is -0.417 e. The van der Waals surface area contributed by atoms with Gasteiger partial charge in [0.2, 0.25) is 0 Å². The van der Waals surface area contributed by atoms with Crippen molar-refractivity contribution in [3.05, 3.63) is 12.2 Å². The molecule has 0 saturated heterocycles. The fourth-order valence-corrected chi connectivity index (χ4v) is 0.754. The lowest BCUT2D eigenvalue weighted by atomic mass is 10.2. The fourth-order valence-electron chi connectivity index (χ4n) is 0.754. The Kier molecular flexibility index (Phi) is 6.07. The normalized spacial score (nSPS) is 12.3. The maximum absolute atomic E-state index is 12.5. The Morgan fingerprint density at radius 3 is 1.61 bits per heavy atom. The van der Waals surface area contributed by atoms with Crippen LogP contribution in [0.2, 0.25) is 0 Å². The summed E-state index contributed by atoms with van der Waals surface area (Å²) in [5, 5.41) is 0. The molecule has 0 atom stereocenters. The molecule has 0 aliphatic carbocycles. The van der Waals surface area contributed by atoms with Gasteiger partial charge in [-0.1, -0.05) is 17.7 Å². The second kappa shape index (κ2) is 6.55. The van der Waals surface area contributed by atoms with Gasteiger partial charge in [0.1, 0.15) is 0 Å². The summed E-state index contributed by atoms with van der Waals surface area (Å²) in [6.07, 6.45) is 0. The van der Waals surface area contributed by atoms with Crippen LogP contribution in [-0.2, 0) is 9.53 Å². The monoisotopic (exact) mass is 279 g/mol. The summed E-state index contributed by atoms with van der Waals surface area (Å²) >= 11 is 0. The molecule has 12 heteroatoms. The van der Waals surface area contributed by atoms with Gasteiger partial charge in [-0.3, -0.25) is 0 Å². The van der Waals surface area contributed by atoms with Crippen LogP contribution in [0.5, 0.6) is 0 Å². The molecule has 0 amide bonds. The first-order chi connectivity index (χ1) is 8.38. The van der Waals surface area contributed by atoms with E-state index in [1.165, 1.54) is 0 Å². The third-order valence-corrected chi connectivity index (χ3v) is 1.81. The average Bonchev–Trinajstić information content (AvgIpc) is 2.39. The van der Waals surface area contributed by atoms with E-state index in [0.717, 1.165) is 6.92 Å². The molecule has 5 N–H and O–H groups in total. The Bertz CT molecular complexity index is 300. The van der Waals surface area contributed by atoms with E-state index in [1.54, 1.807) is 0 Å². The third-order valence-electron chi connectivity index (χ3n) is 1.81. The van der Waals surface area contributed by atoms with E-state index < -0.39 is 17.6 Å². The van der Waals surface area contributed by atoms with Gasteiger partial charge in [0.25, 0.3) is 5.79 Å². The molecular formula is C6H10F5N5O2. The highest BCUT2D eigenvalue weighted by atomic mass is 19.2. The Morgan fingerprint density at radius 2 is 1.39 bits per heavy atom. The third kappa shape index (κ3) is 2.73. The van der Waals surface area contributed by atoms with Crippen LogP contribution in [0, 0.1) is 0 Å². The molecule has 0 aromatic rings. The highest BCUT2D eigenvalue weighted by molar-refractivity contribution is 5.87. The van der Waals surface area contributed by atoms with Crippen molar-refractivity contribution < 1.29 is 31.9 Å². The van der Waals surface area contributed by atoms with Crippen LogP contribution in [0.1, 0.15) is 6.92 Å². The Labute approximate surface area is 97.4 Å². The van der Waals surface area contributed by atoms with Crippen LogP contribution >= 0.6 is 0 Å². The lowest BCUT2D eigenvalue weighted by molar-refractivity contribution is -0.256. The molecule has 0 aliphatic rings. The van der Waals surface area contributed by atoms with Gasteiger partial charge in [-0.2, -0.15) is 0 Å². The number of esters is 1. The van der Waals surface area contributed by atoms with Crippen molar-refractivity contribution in [2.24, 2.45) is 0 Å². The molecule has 0 rings (SSSR count). The maximum Gasteiger partial charge on any atom is 0.336 e. The zero-order chi connectivity index (χ0) is 14.4. The van der Waals surface area contributed by atoms with E-state index in [-0.39, 0.29) is 5.57 Å². The lowest BCUT2D eigenvalue weighted by Crippen LogP contribution is -2.82. The Balaban J connectivity index is 5.48. The first-order valence-corrected chi connectivity index (χ1v) is 4.16. The van der Waals surface area contributed by atoms with E-state index in [2.05, 4.69) is 11.3 Å². The van der Waals surface area contributed by atoms with Crippen molar-refractivity contribution in [1.29, 1.82) is 0 Å². The summed E-state index contributed by atoms with van der Waals surface area (Å²) in [4.78, 5) is 11.1. The molecule has 0 spiro atoms. The minimum atomic E-state index is -3.65. The van der Waals surface area contributed by atoms with E-state index in [4.69, 9.17) is 0 Å². The predicted octanol–water partition coefficient (Wildman–Crippen LogP) is -0.216. The molecule has 0 fully saturated rings. The van der Waals surface area contributed by atoms with Crippen molar-refractivity contribution in [2.75, 3.05) is 0 Å². The zero-order valence-corrected chi connectivity index (χ0v) is 8.91. The quantitative estimate of drug-likeness (QED) is 0.138. The van der Waals surface area contributed by atoms with Crippen molar-refractivity contribution in [1.82, 2.24) is 27.7 Å². The highest BCUT2D eigenvalue weighted by Crippen LogP contribution is 2.20. The topological polar surface area (TPSA) is 86.5 Å². The smallest absolute Gasteiger partial charge is 0.336 e. The molecular weight excluding hydrogens is 269 g/mol. The second-order valence-electron chi connectivity index (χ2n) is 3.07. The van der Waals surface area contributed by atoms with E-state index in [9.17, 15) is 27.2 Å². The Hall–Kier alpha value is -1.34. The van der Waals surface area contributed by atoms with E-state index in [1.807, 2.05) is 0 Å². The Morgan fingerprint density at radius 1 is 1.00 bits per heavy atom. The fraction of sp³-hybridized carbons (Fsp3) is 0.500. The van der Waals surface area contributed by atoms with E-state index >= 15 is 0 Å². The minimum absolute atomic E-state index is 0.318. The molecule has 0 saturated carbocycles. The first kappa shape index (κ1) is 16.7. The summed E-state index contributed by atoms with van der Waals surface area (Å²) in [6.45, 7) is 4.12. The zero-order valence-electron chi connectivity index (χ0n) is 8.91. The SMILES string of the molecule is C=C(C)C(=O)OC(NF)(NF)C(NF)(NF)NF. The number of carbonyl (C=O) groups excluding carboxylic acids is 1. The first-order valence-electron chi connectivity index (χ1n) is 4.16. The van der Waals surface area contributed by atoms with Gasteiger partial charge in [0, 0.05) is 5.57 Å². The van der Waals surface area contributed by atoms with E-state index in [0.29, 0.717) is 27.7 Å². The summed E-state index contributed by atoms with van der Waals surface area (Å²) in [5.74, 6) is -8.78. The number of rotatable bonds is 8. The maximum atomic E-state index is 12.5. The van der Waals surface area contributed by atoms with Crippen LogP contribution in [0.15, 0.2) is 12.2 Å². The second-order valence-corrected chi connectivity index (χ2v) is 3.07. The van der Waals surface area contributed by atoms with Crippen LogP contribution < -0.4 is 27.7 Å². The van der Waals surface area contributed by atoms with Crippen molar-refractivity contribution in [2.45, 2.75) is 18.6 Å². The number of hydrogen-bond donors (Lipinski definition) is 5. The number of hydrogen-bond acceptors (Lipinski definition) is 7. The summed E-state index contributed by atoms with van der Waals surface area (Å²) in [7, 11) is 0. The van der Waals surface area contributed by atoms with Crippen LogP contribution in [0.4, 0.5) is 22.4 Å². The van der Waals surface area contributed by atoms with Gasteiger partial charge < -0.3 is 4.74 Å². The number of ether oxygens (including phenoxy) is 1. The van der Waals surface area contributed by atoms with Crippen molar-refractivity contribution in [3.8, 4) is 0 Å². The molecule has 106 valence electrons. The van der Waals surface area contributed by atoms with Gasteiger partial charge in [0.15, 0.2) is 0 Å². The highest BCUT2D eigenvalue weighted by Gasteiger charge is 2.59. The standard InChI is InChI=1S/C6H10F5N5O2/c1-3(2)4(17)18-6(15-10,16-11)5(12-7,13-8)14-9/h12-16H,1H2,2H3. The van der Waals surface area contributed by atoms with Crippen LogP contribution in [0.25, 0.3) is 0 Å². The number of nitrogens with one attached hydrogen (secondary N) is 5. The molecule has 0 aliphatic heterocycles. The molecule has 7 nitrogen and oxygen atoms in total. The molecule has 0 aromatic heterocycles. The molecule has 0 bridgehead atoms. The average molecular weight is 279 g/mol. The van der Waals surface area contributed by atoms with Gasteiger partial charge in [-0.05, 0) is 6.92 Å². The molecule has 18 heavy (non-hydrogen) atoms. The molecule has 0 aromatic carbocycles. The van der Waals surface area contributed by atoms with Crippen LogP contribution in [-0.4, -0.2) is 17.6 Å². The van der Waals surface area contributed by atoms with Crippen LogP contribution in [0.3, 0.4) is 0 Å². The summed E-state index contributed by atoms with van der Waals surface area (Å²) in [5.41, 5.74) is 1.31. The molecule has 0 unspecified atom stereocenters. The predicted molar refractivity (Wildman–Crippen MR) is 47.6 cm³/mol. The van der Waals surface area contributed by atoms with Gasteiger partial charge in [-0.25, -0.2) is 4.79 Å². The molecule has 0 radical (unpaired) electrons. The van der Waals surface area contributed by atoms with Gasteiger partial charge in [0.05, 0.1) is 0 Å². The largest absolute Gasteiger partial charge is 0.417 e. The summed E-state index contributed by atoms with van der Waals surface area (Å²) < 4.78 is 66.1. The summed E-state index contributed by atoms with van der Waals surface area (Å²) in [6, 6.07) is 0. The van der Waals surface area contributed by atoms with Gasteiger partial charge >= 0.3 is 11.8 Å². The lowest BCUT2D eigenvalue weighted by Gasteiger charge is -2.39. The van der Waals surface area contributed by atoms with Gasteiger partial charge in [-0.15, -0.1) is 39.0 Å². The number of halogens is 5. The number of carbonyl (C=O) groups is 1. The van der Waals surface area contributed by atoms with Crippen molar-refractivity contribution >= 4 is 5.97 Å².